The van der Waals surface area contributed by atoms with E-state index in [9.17, 15) is 4.79 Å². The van der Waals surface area contributed by atoms with Gasteiger partial charge in [-0.2, -0.15) is 0 Å². The molecule has 0 aliphatic rings. The number of benzene rings is 1. The number of unbranched alkanes of at least 4 members (excludes halogenated alkanes) is 1. The normalized spacial score (nSPS) is 11.6. The van der Waals surface area contributed by atoms with Gasteiger partial charge >= 0.3 is 0 Å². The zero-order valence-electron chi connectivity index (χ0n) is 15.4. The molecule has 1 atom stereocenters. The van der Waals surface area contributed by atoms with Crippen LogP contribution >= 0.6 is 11.8 Å². The molecule has 1 amide bonds. The van der Waals surface area contributed by atoms with Gasteiger partial charge in [0.1, 0.15) is 5.75 Å². The molecule has 1 unspecified atom stereocenters. The van der Waals surface area contributed by atoms with Gasteiger partial charge in [-0.15, -0.1) is 16.6 Å². The number of amides is 1. The molecule has 26 heavy (non-hydrogen) atoms. The van der Waals surface area contributed by atoms with Crippen molar-refractivity contribution in [1.82, 2.24) is 20.1 Å². The number of nitrogens with zero attached hydrogens (tertiary/aromatic N) is 3. The minimum atomic E-state index is -0.309. The molecule has 1 aromatic heterocycles. The molecule has 0 radical (unpaired) electrons. The van der Waals surface area contributed by atoms with E-state index in [1.807, 2.05) is 31.2 Å². The number of nitrogens with one attached hydrogen (secondary N) is 1. The predicted octanol–water partition coefficient (Wildman–Crippen LogP) is 2.98. The lowest BCUT2D eigenvalue weighted by Gasteiger charge is -2.13. The molecule has 0 aliphatic carbocycles. The smallest absolute Gasteiger partial charge is 0.234 e. The van der Waals surface area contributed by atoms with E-state index in [2.05, 4.69) is 32.9 Å². The van der Waals surface area contributed by atoms with Gasteiger partial charge in [-0.1, -0.05) is 31.0 Å². The van der Waals surface area contributed by atoms with Crippen LogP contribution in [-0.4, -0.2) is 39.6 Å². The van der Waals surface area contributed by atoms with Gasteiger partial charge in [-0.25, -0.2) is 0 Å². The Bertz CT molecular complexity index is 765. The van der Waals surface area contributed by atoms with Crippen LogP contribution in [0.1, 0.15) is 26.7 Å². The molecule has 138 valence electrons. The summed E-state index contributed by atoms with van der Waals surface area (Å²) < 4.78 is 7.28. The predicted molar refractivity (Wildman–Crippen MR) is 104 cm³/mol. The fourth-order valence-electron chi connectivity index (χ4n) is 2.34. The molecule has 1 N–H and O–H groups in total. The van der Waals surface area contributed by atoms with E-state index in [0.717, 1.165) is 41.7 Å². The van der Waals surface area contributed by atoms with E-state index < -0.39 is 0 Å². The van der Waals surface area contributed by atoms with E-state index in [4.69, 9.17) is 11.2 Å². The standard InChI is InChI=1S/C19H24N4O2S/c1-5-7-13-23-17(15-8-10-16(25-4)11-9-15)21-22-19(23)26-14(3)18(24)20-12-6-2/h2,8-11,14H,5,7,12-13H2,1,3-4H3,(H,20,24). The Balaban J connectivity index is 2.24. The molecule has 7 heteroatoms. The molecule has 2 rings (SSSR count). The molecule has 1 aromatic carbocycles. The molecule has 1 heterocycles. The van der Waals surface area contributed by atoms with Gasteiger partial charge in [-0.3, -0.25) is 4.79 Å². The van der Waals surface area contributed by atoms with Crippen LogP contribution in [0.15, 0.2) is 29.4 Å². The van der Waals surface area contributed by atoms with Gasteiger partial charge in [0.25, 0.3) is 0 Å². The van der Waals surface area contributed by atoms with Crippen molar-refractivity contribution in [3.05, 3.63) is 24.3 Å². The first-order valence-corrected chi connectivity index (χ1v) is 9.44. The van der Waals surface area contributed by atoms with Crippen molar-refractivity contribution in [2.45, 2.75) is 43.6 Å². The summed E-state index contributed by atoms with van der Waals surface area (Å²) in [6.45, 7) is 5.00. The average Bonchev–Trinajstić information content (AvgIpc) is 3.06. The Morgan fingerprint density at radius 2 is 2.12 bits per heavy atom. The summed E-state index contributed by atoms with van der Waals surface area (Å²) in [5.74, 6) is 3.88. The van der Waals surface area contributed by atoms with E-state index in [-0.39, 0.29) is 17.7 Å². The highest BCUT2D eigenvalue weighted by atomic mass is 32.2. The van der Waals surface area contributed by atoms with Crippen LogP contribution < -0.4 is 10.1 Å². The van der Waals surface area contributed by atoms with Crippen molar-refractivity contribution in [2.24, 2.45) is 0 Å². The lowest BCUT2D eigenvalue weighted by Crippen LogP contribution is -2.31. The second-order valence-electron chi connectivity index (χ2n) is 5.72. The van der Waals surface area contributed by atoms with Crippen LogP contribution in [0.2, 0.25) is 0 Å². The van der Waals surface area contributed by atoms with Gasteiger partial charge in [0.15, 0.2) is 11.0 Å². The summed E-state index contributed by atoms with van der Waals surface area (Å²) in [5.41, 5.74) is 0.964. The molecule has 6 nitrogen and oxygen atoms in total. The summed E-state index contributed by atoms with van der Waals surface area (Å²) in [6.07, 6.45) is 7.25. The van der Waals surface area contributed by atoms with Crippen LogP contribution in [0, 0.1) is 12.3 Å². The average molecular weight is 372 g/mol. The SMILES string of the molecule is C#CCNC(=O)C(C)Sc1nnc(-c2ccc(OC)cc2)n1CCCC. The Morgan fingerprint density at radius 1 is 1.38 bits per heavy atom. The third-order valence-corrected chi connectivity index (χ3v) is 4.90. The molecule has 0 bridgehead atoms. The highest BCUT2D eigenvalue weighted by Gasteiger charge is 2.20. The Hall–Kier alpha value is -2.46. The third kappa shape index (κ3) is 5.02. The fourth-order valence-corrected chi connectivity index (χ4v) is 3.24. The number of terminal acetylenes is 1. The van der Waals surface area contributed by atoms with Gasteiger partial charge in [0.2, 0.25) is 5.91 Å². The Kier molecular flexibility index (Phi) is 7.54. The number of aromatic nitrogens is 3. The van der Waals surface area contributed by atoms with Crippen LogP contribution in [0.25, 0.3) is 11.4 Å². The summed E-state index contributed by atoms with van der Waals surface area (Å²) in [5, 5.41) is 11.8. The zero-order chi connectivity index (χ0) is 18.9. The van der Waals surface area contributed by atoms with Crippen molar-refractivity contribution in [3.63, 3.8) is 0 Å². The van der Waals surface area contributed by atoms with Crippen molar-refractivity contribution < 1.29 is 9.53 Å². The number of rotatable bonds is 9. The zero-order valence-corrected chi connectivity index (χ0v) is 16.2. The van der Waals surface area contributed by atoms with Gasteiger partial charge in [0, 0.05) is 12.1 Å². The van der Waals surface area contributed by atoms with E-state index in [0.29, 0.717) is 0 Å². The first-order valence-electron chi connectivity index (χ1n) is 8.56. The molecule has 2 aromatic rings. The van der Waals surface area contributed by atoms with Gasteiger partial charge in [-0.05, 0) is 37.6 Å². The summed E-state index contributed by atoms with van der Waals surface area (Å²) in [7, 11) is 1.64. The minimum absolute atomic E-state index is 0.107. The summed E-state index contributed by atoms with van der Waals surface area (Å²) in [6, 6.07) is 7.72. The maximum Gasteiger partial charge on any atom is 0.234 e. The van der Waals surface area contributed by atoms with Crippen LogP contribution in [0.5, 0.6) is 5.75 Å². The van der Waals surface area contributed by atoms with Crippen molar-refractivity contribution in [3.8, 4) is 29.5 Å². The molecule has 0 aliphatic heterocycles. The molecular formula is C19H24N4O2S. The Labute approximate surface area is 158 Å². The Morgan fingerprint density at radius 3 is 2.73 bits per heavy atom. The lowest BCUT2D eigenvalue weighted by atomic mass is 10.2. The van der Waals surface area contributed by atoms with E-state index >= 15 is 0 Å². The maximum absolute atomic E-state index is 12.1. The summed E-state index contributed by atoms with van der Waals surface area (Å²) in [4.78, 5) is 12.1. The lowest BCUT2D eigenvalue weighted by molar-refractivity contribution is -0.120. The molecule has 0 saturated carbocycles. The number of methoxy groups -OCH3 is 1. The largest absolute Gasteiger partial charge is 0.497 e. The molecule has 0 fully saturated rings. The van der Waals surface area contributed by atoms with Crippen molar-refractivity contribution in [1.29, 1.82) is 0 Å². The fraction of sp³-hybridized carbons (Fsp3) is 0.421. The highest BCUT2D eigenvalue weighted by molar-refractivity contribution is 8.00. The van der Waals surface area contributed by atoms with Crippen molar-refractivity contribution >= 4 is 17.7 Å². The number of hydrogen-bond acceptors (Lipinski definition) is 5. The van der Waals surface area contributed by atoms with Crippen LogP contribution in [0.4, 0.5) is 0 Å². The second kappa shape index (κ2) is 9.88. The van der Waals surface area contributed by atoms with Gasteiger partial charge in [0.05, 0.1) is 18.9 Å². The monoisotopic (exact) mass is 372 g/mol. The quantitative estimate of drug-likeness (QED) is 0.541. The number of hydrogen-bond donors (Lipinski definition) is 1. The number of thioether (sulfide) groups is 1. The first kappa shape index (κ1) is 19.9. The summed E-state index contributed by atoms with van der Waals surface area (Å²) >= 11 is 1.39. The van der Waals surface area contributed by atoms with E-state index in [1.54, 1.807) is 7.11 Å². The molecule has 0 spiro atoms. The number of carbonyl (C=O) groups excluding carboxylic acids is 1. The third-order valence-electron chi connectivity index (χ3n) is 3.82. The second-order valence-corrected chi connectivity index (χ2v) is 7.03. The van der Waals surface area contributed by atoms with Gasteiger partial charge < -0.3 is 14.6 Å². The van der Waals surface area contributed by atoms with Crippen LogP contribution in [-0.2, 0) is 11.3 Å². The highest BCUT2D eigenvalue weighted by Crippen LogP contribution is 2.28. The topological polar surface area (TPSA) is 69.0 Å². The minimum Gasteiger partial charge on any atom is -0.497 e. The van der Waals surface area contributed by atoms with E-state index in [1.165, 1.54) is 11.8 Å². The number of ether oxygens (including phenoxy) is 1. The molecule has 0 saturated heterocycles. The van der Waals surface area contributed by atoms with Crippen molar-refractivity contribution in [2.75, 3.05) is 13.7 Å². The number of carbonyl (C=O) groups is 1. The maximum atomic E-state index is 12.1. The molecular weight excluding hydrogens is 348 g/mol. The van der Waals surface area contributed by atoms with Crippen LogP contribution in [0.3, 0.4) is 0 Å². The first-order chi connectivity index (χ1) is 12.6.